The predicted octanol–water partition coefficient (Wildman–Crippen LogP) is 1.87. The zero-order chi connectivity index (χ0) is 30.2. The molecule has 0 aromatic carbocycles. The molecule has 0 unspecified atom stereocenters. The van der Waals surface area contributed by atoms with E-state index < -0.39 is 41.1 Å². The van der Waals surface area contributed by atoms with Gasteiger partial charge < -0.3 is 20.9 Å². The van der Waals surface area contributed by atoms with Crippen LogP contribution in [0.25, 0.3) is 0 Å². The standard InChI is InChI=1S/C30H45N5O5/c1-28(2,3)15-20(36)34-24(29(4,5)6)27(40)35-16-18-21(30(18,7)8)22(35)25(38)33-19(23(37)26(39)31-9)14-17-12-10-11-13-32-17/h10-13,18-19,21-22,24H,14-16H2,1-9H3,(H,31,39)(H,33,38)(H,34,36)/t18-,19-,21-,22-,24+/m0/s1. The van der Waals surface area contributed by atoms with E-state index in [1.165, 1.54) is 7.05 Å². The summed E-state index contributed by atoms with van der Waals surface area (Å²) < 4.78 is 0. The minimum absolute atomic E-state index is 0.0322. The number of amides is 4. The number of likely N-dealkylation sites (N-methyl/N-ethyl adjacent to an activating group) is 1. The van der Waals surface area contributed by atoms with Gasteiger partial charge in [0.05, 0.1) is 0 Å². The summed E-state index contributed by atoms with van der Waals surface area (Å²) in [6, 6.07) is 2.40. The van der Waals surface area contributed by atoms with Gasteiger partial charge in [-0.15, -0.1) is 0 Å². The van der Waals surface area contributed by atoms with Gasteiger partial charge in [-0.2, -0.15) is 0 Å². The Hall–Kier alpha value is -3.30. The lowest BCUT2D eigenvalue weighted by molar-refractivity contribution is -0.146. The second-order valence-corrected chi connectivity index (χ2v) is 14.0. The highest BCUT2D eigenvalue weighted by molar-refractivity contribution is 6.38. The summed E-state index contributed by atoms with van der Waals surface area (Å²) in [6.45, 7) is 16.0. The Bertz CT molecular complexity index is 1150. The fourth-order valence-corrected chi connectivity index (χ4v) is 5.80. The molecule has 1 saturated heterocycles. The molecule has 1 aromatic rings. The summed E-state index contributed by atoms with van der Waals surface area (Å²) in [4.78, 5) is 71.8. The van der Waals surface area contributed by atoms with Crippen molar-refractivity contribution in [3.05, 3.63) is 30.1 Å². The fraction of sp³-hybridized carbons (Fsp3) is 0.667. The smallest absolute Gasteiger partial charge is 0.289 e. The molecule has 0 radical (unpaired) electrons. The van der Waals surface area contributed by atoms with Gasteiger partial charge in [-0.3, -0.25) is 29.0 Å². The topological polar surface area (TPSA) is 138 Å². The van der Waals surface area contributed by atoms with Gasteiger partial charge in [0.25, 0.3) is 5.91 Å². The molecule has 1 aliphatic heterocycles. The number of Topliss-reactive ketones (excluding diaryl/α,β-unsaturated/α-hetero) is 1. The lowest BCUT2D eigenvalue weighted by Crippen LogP contribution is -2.60. The first-order valence-electron chi connectivity index (χ1n) is 13.9. The Labute approximate surface area is 237 Å². The highest BCUT2D eigenvalue weighted by atomic mass is 16.2. The lowest BCUT2D eigenvalue weighted by atomic mass is 9.84. The van der Waals surface area contributed by atoms with E-state index in [0.29, 0.717) is 12.2 Å². The number of aromatic nitrogens is 1. The van der Waals surface area contributed by atoms with Gasteiger partial charge in [0.2, 0.25) is 23.5 Å². The monoisotopic (exact) mass is 555 g/mol. The van der Waals surface area contributed by atoms with Crippen LogP contribution in [0.3, 0.4) is 0 Å². The van der Waals surface area contributed by atoms with E-state index in [1.807, 2.05) is 41.5 Å². The van der Waals surface area contributed by atoms with E-state index in [9.17, 15) is 24.0 Å². The molecular formula is C30H45N5O5. The Morgan fingerprint density at radius 1 is 1.05 bits per heavy atom. The maximum atomic E-state index is 14.0. The number of likely N-dealkylation sites (tertiary alicyclic amines) is 1. The molecule has 10 heteroatoms. The van der Waals surface area contributed by atoms with Crippen LogP contribution in [-0.2, 0) is 30.4 Å². The van der Waals surface area contributed by atoms with Crippen molar-refractivity contribution in [3.63, 3.8) is 0 Å². The molecule has 3 rings (SSSR count). The molecule has 0 spiro atoms. The third kappa shape index (κ3) is 6.88. The van der Waals surface area contributed by atoms with Crippen molar-refractivity contribution in [3.8, 4) is 0 Å². The quantitative estimate of drug-likeness (QED) is 0.398. The SMILES string of the molecule is CNC(=O)C(=O)[C@H](Cc1ccccn1)NC(=O)[C@@H]1[C@@H]2[C@H](CN1C(=O)[C@@H](NC(=O)CC(C)(C)C)C(C)(C)C)C2(C)C. The summed E-state index contributed by atoms with van der Waals surface area (Å²) in [5, 5.41) is 8.05. The molecule has 220 valence electrons. The van der Waals surface area contributed by atoms with E-state index in [2.05, 4.69) is 34.8 Å². The molecule has 0 bridgehead atoms. The van der Waals surface area contributed by atoms with Crippen molar-refractivity contribution in [2.45, 2.75) is 86.4 Å². The molecule has 4 amide bonds. The van der Waals surface area contributed by atoms with Crippen molar-refractivity contribution in [2.24, 2.45) is 28.1 Å². The summed E-state index contributed by atoms with van der Waals surface area (Å²) in [7, 11) is 1.36. The molecule has 2 fully saturated rings. The molecule has 40 heavy (non-hydrogen) atoms. The van der Waals surface area contributed by atoms with Crippen LogP contribution in [0.5, 0.6) is 0 Å². The second kappa shape index (κ2) is 11.3. The number of hydrogen-bond donors (Lipinski definition) is 3. The van der Waals surface area contributed by atoms with Crippen molar-refractivity contribution in [2.75, 3.05) is 13.6 Å². The van der Waals surface area contributed by atoms with Gasteiger partial charge in [-0.1, -0.05) is 61.5 Å². The molecule has 2 aliphatic rings. The predicted molar refractivity (Wildman–Crippen MR) is 151 cm³/mol. The summed E-state index contributed by atoms with van der Waals surface area (Å²) >= 11 is 0. The van der Waals surface area contributed by atoms with E-state index in [0.717, 1.165) is 0 Å². The summed E-state index contributed by atoms with van der Waals surface area (Å²) in [6.07, 6.45) is 1.87. The number of piperidine rings is 1. The van der Waals surface area contributed by atoms with Crippen LogP contribution < -0.4 is 16.0 Å². The van der Waals surface area contributed by atoms with Crippen LogP contribution >= 0.6 is 0 Å². The number of carbonyl (C=O) groups excluding carboxylic acids is 5. The number of nitrogens with zero attached hydrogens (tertiary/aromatic N) is 2. The first-order chi connectivity index (χ1) is 18.4. The van der Waals surface area contributed by atoms with Crippen molar-refractivity contribution in [1.82, 2.24) is 25.8 Å². The average molecular weight is 556 g/mol. The average Bonchev–Trinajstić information content (AvgIpc) is 3.16. The summed E-state index contributed by atoms with van der Waals surface area (Å²) in [5.74, 6) is -2.63. The highest BCUT2D eigenvalue weighted by Crippen LogP contribution is 2.65. The minimum Gasteiger partial charge on any atom is -0.353 e. The number of rotatable bonds is 9. The molecule has 1 saturated carbocycles. The third-order valence-electron chi connectivity index (χ3n) is 8.09. The van der Waals surface area contributed by atoms with Gasteiger partial charge in [0, 0.05) is 38.3 Å². The van der Waals surface area contributed by atoms with Gasteiger partial charge in [-0.25, -0.2) is 0 Å². The third-order valence-corrected chi connectivity index (χ3v) is 8.09. The van der Waals surface area contributed by atoms with Crippen LogP contribution in [-0.4, -0.2) is 71.0 Å². The fourth-order valence-electron chi connectivity index (χ4n) is 5.80. The van der Waals surface area contributed by atoms with Crippen molar-refractivity contribution >= 4 is 29.4 Å². The van der Waals surface area contributed by atoms with Crippen LogP contribution in [0.15, 0.2) is 24.4 Å². The van der Waals surface area contributed by atoms with E-state index in [4.69, 9.17) is 0 Å². The Morgan fingerprint density at radius 3 is 2.23 bits per heavy atom. The number of carbonyl (C=O) groups is 5. The van der Waals surface area contributed by atoms with E-state index >= 15 is 0 Å². The number of pyridine rings is 1. The molecule has 3 N–H and O–H groups in total. The lowest BCUT2D eigenvalue weighted by Gasteiger charge is -2.38. The van der Waals surface area contributed by atoms with Crippen molar-refractivity contribution < 1.29 is 24.0 Å². The maximum absolute atomic E-state index is 14.0. The van der Waals surface area contributed by atoms with Crippen LogP contribution in [0, 0.1) is 28.1 Å². The Balaban J connectivity index is 1.88. The first kappa shape index (κ1) is 31.2. The largest absolute Gasteiger partial charge is 0.353 e. The van der Waals surface area contributed by atoms with Gasteiger partial charge in [-0.05, 0) is 40.2 Å². The van der Waals surface area contributed by atoms with E-state index in [1.54, 1.807) is 29.3 Å². The molecule has 1 aromatic heterocycles. The zero-order valence-corrected chi connectivity index (χ0v) is 25.3. The van der Waals surface area contributed by atoms with Crippen LogP contribution in [0.1, 0.15) is 67.5 Å². The van der Waals surface area contributed by atoms with Gasteiger partial charge in [0.15, 0.2) is 0 Å². The number of hydrogen-bond acceptors (Lipinski definition) is 6. The molecule has 2 heterocycles. The molecule has 1 aliphatic carbocycles. The number of nitrogens with one attached hydrogen (secondary N) is 3. The van der Waals surface area contributed by atoms with Gasteiger partial charge in [0.1, 0.15) is 18.1 Å². The summed E-state index contributed by atoms with van der Waals surface area (Å²) in [5.41, 5.74) is -0.474. The Morgan fingerprint density at radius 2 is 1.70 bits per heavy atom. The van der Waals surface area contributed by atoms with Crippen LogP contribution in [0.4, 0.5) is 0 Å². The molecule has 10 nitrogen and oxygen atoms in total. The Kier molecular flexibility index (Phi) is 8.82. The highest BCUT2D eigenvalue weighted by Gasteiger charge is 2.69. The normalized spacial score (nSPS) is 22.9. The van der Waals surface area contributed by atoms with Crippen LogP contribution in [0.2, 0.25) is 0 Å². The first-order valence-corrected chi connectivity index (χ1v) is 13.9. The van der Waals surface area contributed by atoms with Gasteiger partial charge >= 0.3 is 0 Å². The molecular weight excluding hydrogens is 510 g/mol. The van der Waals surface area contributed by atoms with E-state index in [-0.39, 0.29) is 47.3 Å². The number of ketones is 1. The molecule has 5 atom stereocenters. The van der Waals surface area contributed by atoms with Crippen molar-refractivity contribution in [1.29, 1.82) is 0 Å². The second-order valence-electron chi connectivity index (χ2n) is 14.0. The minimum atomic E-state index is -1.15. The zero-order valence-electron chi connectivity index (χ0n) is 25.3. The number of fused-ring (bicyclic) bond motifs is 1. The maximum Gasteiger partial charge on any atom is 0.289 e.